The Morgan fingerprint density at radius 2 is 1.57 bits per heavy atom. The van der Waals surface area contributed by atoms with Crippen molar-refractivity contribution in [3.05, 3.63) is 24.0 Å². The van der Waals surface area contributed by atoms with Crippen LogP contribution < -0.4 is 5.32 Å². The molecule has 0 aromatic carbocycles. The van der Waals surface area contributed by atoms with Crippen molar-refractivity contribution in [1.82, 2.24) is 19.7 Å². The Morgan fingerprint density at radius 1 is 0.976 bits per heavy atom. The van der Waals surface area contributed by atoms with E-state index in [9.17, 15) is 24.3 Å². The van der Waals surface area contributed by atoms with Gasteiger partial charge in [0.15, 0.2) is 0 Å². The number of methoxy groups -OCH3 is 2. The summed E-state index contributed by atoms with van der Waals surface area (Å²) in [4.78, 5) is 56.0. The molecule has 1 rings (SSSR count). The Labute approximate surface area is 251 Å². The molecule has 1 heterocycles. The standard InChI is InChI=1S/C31H54N4O7/c1-13-20(6)27(34(10)30(38)25(18(2)3)32-29(37)26(19(4)5)33(8)9)23(41-11)17-24(36)35-16-14-15-22(35)28(42-12)21(7)31(39)40/h14-16,18-21,23,25-28H,13,17H2,1-12H3,(H,32,37)(H,39,40)/t20-,21+,23+,25-,26-,27-,28+/m0/s1. The second kappa shape index (κ2) is 16.8. The number of aromatic nitrogens is 1. The van der Waals surface area contributed by atoms with Gasteiger partial charge < -0.3 is 24.8 Å². The monoisotopic (exact) mass is 594 g/mol. The molecule has 0 saturated heterocycles. The van der Waals surface area contributed by atoms with Gasteiger partial charge in [-0.05, 0) is 50.9 Å². The molecule has 0 fully saturated rings. The summed E-state index contributed by atoms with van der Waals surface area (Å²) in [7, 11) is 8.30. The van der Waals surface area contributed by atoms with Crippen molar-refractivity contribution in [3.63, 3.8) is 0 Å². The molecular formula is C31H54N4O7. The van der Waals surface area contributed by atoms with Gasteiger partial charge in [-0.1, -0.05) is 48.0 Å². The average molecular weight is 595 g/mol. The zero-order chi connectivity index (χ0) is 32.5. The van der Waals surface area contributed by atoms with E-state index in [-0.39, 0.29) is 41.9 Å². The fourth-order valence-corrected chi connectivity index (χ4v) is 5.67. The van der Waals surface area contributed by atoms with E-state index in [1.54, 1.807) is 30.3 Å². The van der Waals surface area contributed by atoms with Gasteiger partial charge >= 0.3 is 5.97 Å². The minimum atomic E-state index is -1.04. The van der Waals surface area contributed by atoms with Gasteiger partial charge in [0.2, 0.25) is 17.7 Å². The third-order valence-electron chi connectivity index (χ3n) is 8.21. The minimum Gasteiger partial charge on any atom is -0.481 e. The lowest BCUT2D eigenvalue weighted by Gasteiger charge is -2.40. The summed E-state index contributed by atoms with van der Waals surface area (Å²) in [6, 6.07) is 1.71. The Hall–Kier alpha value is -2.76. The molecule has 11 nitrogen and oxygen atoms in total. The van der Waals surface area contributed by atoms with Crippen LogP contribution in [-0.4, -0.2) is 103 Å². The van der Waals surface area contributed by atoms with Crippen LogP contribution in [0.5, 0.6) is 0 Å². The van der Waals surface area contributed by atoms with Crippen molar-refractivity contribution in [2.24, 2.45) is 23.7 Å². The van der Waals surface area contributed by atoms with Crippen molar-refractivity contribution in [1.29, 1.82) is 0 Å². The first-order valence-corrected chi connectivity index (χ1v) is 14.8. The van der Waals surface area contributed by atoms with E-state index in [0.717, 1.165) is 6.42 Å². The molecule has 0 bridgehead atoms. The second-order valence-corrected chi connectivity index (χ2v) is 12.2. The van der Waals surface area contributed by atoms with E-state index >= 15 is 0 Å². The highest BCUT2D eigenvalue weighted by molar-refractivity contribution is 5.90. The van der Waals surface area contributed by atoms with Crippen LogP contribution in [0.3, 0.4) is 0 Å². The van der Waals surface area contributed by atoms with Gasteiger partial charge in [0.25, 0.3) is 0 Å². The molecule has 0 saturated carbocycles. The maximum Gasteiger partial charge on any atom is 0.309 e. The first-order chi connectivity index (χ1) is 19.5. The molecule has 0 spiro atoms. The molecule has 240 valence electrons. The summed E-state index contributed by atoms with van der Waals surface area (Å²) in [6.45, 7) is 13.3. The Balaban J connectivity index is 3.35. The van der Waals surface area contributed by atoms with Gasteiger partial charge in [0.1, 0.15) is 12.1 Å². The molecular weight excluding hydrogens is 540 g/mol. The number of ether oxygens (including phenoxy) is 2. The molecule has 2 N–H and O–H groups in total. The van der Waals surface area contributed by atoms with Gasteiger partial charge in [-0.3, -0.25) is 28.6 Å². The highest BCUT2D eigenvalue weighted by Gasteiger charge is 2.39. The maximum atomic E-state index is 14.0. The summed E-state index contributed by atoms with van der Waals surface area (Å²) in [5, 5.41) is 12.5. The number of carboxylic acids is 1. The SMILES string of the molecule is CC[C@H](C)[C@@H]([C@@H](CC(=O)n1cccc1[C@H](OC)[C@@H](C)C(=O)O)OC)N(C)C(=O)[C@@H](NC(=O)[C@H](C(C)C)N(C)C)C(C)C. The van der Waals surface area contributed by atoms with E-state index < -0.39 is 42.2 Å². The predicted octanol–water partition coefficient (Wildman–Crippen LogP) is 3.54. The van der Waals surface area contributed by atoms with Crippen LogP contribution in [0.2, 0.25) is 0 Å². The molecule has 11 heteroatoms. The number of rotatable bonds is 17. The predicted molar refractivity (Wildman–Crippen MR) is 162 cm³/mol. The van der Waals surface area contributed by atoms with E-state index in [0.29, 0.717) is 5.69 Å². The third kappa shape index (κ3) is 9.12. The number of likely N-dealkylation sites (N-methyl/N-ethyl adjacent to an activating group) is 2. The quantitative estimate of drug-likeness (QED) is 0.280. The summed E-state index contributed by atoms with van der Waals surface area (Å²) < 4.78 is 12.7. The molecule has 1 aromatic heterocycles. The Morgan fingerprint density at radius 3 is 2.00 bits per heavy atom. The van der Waals surface area contributed by atoms with E-state index in [2.05, 4.69) is 5.32 Å². The lowest BCUT2D eigenvalue weighted by Crippen LogP contribution is -2.59. The summed E-state index contributed by atoms with van der Waals surface area (Å²) in [5.74, 6) is -2.85. The number of hydrogen-bond donors (Lipinski definition) is 2. The number of nitrogens with one attached hydrogen (secondary N) is 1. The van der Waals surface area contributed by atoms with Gasteiger partial charge in [0, 0.05) is 27.5 Å². The van der Waals surface area contributed by atoms with Crippen molar-refractivity contribution in [2.45, 2.75) is 91.6 Å². The van der Waals surface area contributed by atoms with Gasteiger partial charge in [-0.15, -0.1) is 0 Å². The van der Waals surface area contributed by atoms with Crippen LogP contribution in [0.25, 0.3) is 0 Å². The fourth-order valence-electron chi connectivity index (χ4n) is 5.67. The topological polar surface area (TPSA) is 130 Å². The molecule has 2 amide bonds. The zero-order valence-electron chi connectivity index (χ0n) is 27.6. The number of nitrogens with zero attached hydrogens (tertiary/aromatic N) is 3. The highest BCUT2D eigenvalue weighted by Crippen LogP contribution is 2.28. The van der Waals surface area contributed by atoms with Crippen LogP contribution in [-0.2, 0) is 23.9 Å². The number of carboxylic acid groups (broad SMARTS) is 1. The molecule has 0 aliphatic heterocycles. The van der Waals surface area contributed by atoms with E-state index in [1.165, 1.54) is 25.7 Å². The minimum absolute atomic E-state index is 0.0340. The Bertz CT molecular complexity index is 1030. The number of aliphatic carboxylic acids is 1. The lowest BCUT2D eigenvalue weighted by atomic mass is 9.89. The van der Waals surface area contributed by atoms with Crippen molar-refractivity contribution in [2.75, 3.05) is 35.4 Å². The summed E-state index contributed by atoms with van der Waals surface area (Å²) in [5.41, 5.74) is 0.431. The molecule has 0 radical (unpaired) electrons. The molecule has 7 atom stereocenters. The van der Waals surface area contributed by atoms with Crippen molar-refractivity contribution in [3.8, 4) is 0 Å². The van der Waals surface area contributed by atoms with Gasteiger partial charge in [-0.25, -0.2) is 0 Å². The van der Waals surface area contributed by atoms with Crippen molar-refractivity contribution < 1.29 is 33.8 Å². The van der Waals surface area contributed by atoms with E-state index in [1.807, 2.05) is 60.5 Å². The summed E-state index contributed by atoms with van der Waals surface area (Å²) in [6.07, 6.45) is 0.755. The lowest BCUT2D eigenvalue weighted by molar-refractivity contribution is -0.146. The summed E-state index contributed by atoms with van der Waals surface area (Å²) >= 11 is 0. The van der Waals surface area contributed by atoms with Gasteiger partial charge in [-0.2, -0.15) is 0 Å². The number of hydrogen-bond acceptors (Lipinski definition) is 7. The third-order valence-corrected chi connectivity index (χ3v) is 8.21. The number of amides is 2. The molecule has 0 aliphatic rings. The van der Waals surface area contributed by atoms with E-state index in [4.69, 9.17) is 9.47 Å². The van der Waals surface area contributed by atoms with Gasteiger partial charge in [0.05, 0.1) is 36.2 Å². The largest absolute Gasteiger partial charge is 0.481 e. The molecule has 0 aliphatic carbocycles. The molecule has 1 aromatic rings. The fraction of sp³-hybridized carbons (Fsp3) is 0.742. The van der Waals surface area contributed by atoms with Crippen molar-refractivity contribution >= 4 is 23.7 Å². The average Bonchev–Trinajstić information content (AvgIpc) is 3.39. The van der Waals surface area contributed by atoms with Crippen LogP contribution in [0.4, 0.5) is 0 Å². The molecule has 0 unspecified atom stereocenters. The number of carbonyl (C=O) groups excluding carboxylic acids is 3. The maximum absolute atomic E-state index is 14.0. The normalized spacial score (nSPS) is 16.9. The first kappa shape index (κ1) is 37.3. The van der Waals surface area contributed by atoms with Crippen LogP contribution >= 0.6 is 0 Å². The highest BCUT2D eigenvalue weighted by atomic mass is 16.5. The van der Waals surface area contributed by atoms with Crippen LogP contribution in [0.1, 0.15) is 77.9 Å². The second-order valence-electron chi connectivity index (χ2n) is 12.2. The number of carbonyl (C=O) groups is 4. The van der Waals surface area contributed by atoms with Crippen LogP contribution in [0.15, 0.2) is 18.3 Å². The Kier molecular flexibility index (Phi) is 14.9. The first-order valence-electron chi connectivity index (χ1n) is 14.8. The smallest absolute Gasteiger partial charge is 0.309 e. The molecule has 42 heavy (non-hydrogen) atoms. The zero-order valence-corrected chi connectivity index (χ0v) is 27.6. The van der Waals surface area contributed by atoms with Crippen LogP contribution in [0, 0.1) is 23.7 Å².